The standard InChI is InChI=1S/C7H14O2.Mg.2H/c1-5(2)7(3,4)6(8)9;;;/h5H,1-4H3,(H,8,9);;;. The minimum Gasteiger partial charge on any atom is -0.481 e. The van der Waals surface area contributed by atoms with E-state index in [-0.39, 0.29) is 29.0 Å². The van der Waals surface area contributed by atoms with Gasteiger partial charge in [0, 0.05) is 0 Å². The van der Waals surface area contributed by atoms with E-state index in [1.807, 2.05) is 13.8 Å². The highest BCUT2D eigenvalue weighted by molar-refractivity contribution is 5.75. The highest BCUT2D eigenvalue weighted by Crippen LogP contribution is 2.25. The number of carboxylic acid groups (broad SMARTS) is 1. The van der Waals surface area contributed by atoms with Crippen LogP contribution in [0.1, 0.15) is 27.7 Å². The predicted octanol–water partition coefficient (Wildman–Crippen LogP) is 0.837. The molecule has 0 amide bonds. The van der Waals surface area contributed by atoms with Crippen molar-refractivity contribution in [2.24, 2.45) is 11.3 Å². The lowest BCUT2D eigenvalue weighted by atomic mass is 9.81. The molecule has 2 nitrogen and oxygen atoms in total. The van der Waals surface area contributed by atoms with Crippen LogP contribution in [0.25, 0.3) is 0 Å². The van der Waals surface area contributed by atoms with Crippen LogP contribution in [0.15, 0.2) is 0 Å². The van der Waals surface area contributed by atoms with Gasteiger partial charge in [-0.05, 0) is 19.8 Å². The molecule has 0 saturated heterocycles. The van der Waals surface area contributed by atoms with Crippen LogP contribution >= 0.6 is 0 Å². The van der Waals surface area contributed by atoms with Crippen LogP contribution in [-0.4, -0.2) is 34.1 Å². The van der Waals surface area contributed by atoms with E-state index in [9.17, 15) is 4.79 Å². The SMILES string of the molecule is CC(C)C(C)(C)C(=O)O.[MgH2]. The smallest absolute Gasteiger partial charge is 0.316 e. The molecule has 0 fully saturated rings. The van der Waals surface area contributed by atoms with Crippen molar-refractivity contribution in [1.29, 1.82) is 0 Å². The van der Waals surface area contributed by atoms with Gasteiger partial charge in [0.1, 0.15) is 0 Å². The quantitative estimate of drug-likeness (QED) is 0.602. The summed E-state index contributed by atoms with van der Waals surface area (Å²) in [5.74, 6) is -0.535. The van der Waals surface area contributed by atoms with Crippen molar-refractivity contribution in [2.75, 3.05) is 0 Å². The summed E-state index contributed by atoms with van der Waals surface area (Å²) in [6.45, 7) is 7.29. The summed E-state index contributed by atoms with van der Waals surface area (Å²) in [7, 11) is 0. The molecule has 10 heavy (non-hydrogen) atoms. The first-order chi connectivity index (χ1) is 3.89. The Balaban J connectivity index is 0. The van der Waals surface area contributed by atoms with E-state index in [1.165, 1.54) is 0 Å². The molecule has 0 saturated carbocycles. The molecule has 0 spiro atoms. The maximum absolute atomic E-state index is 10.5. The van der Waals surface area contributed by atoms with Crippen LogP contribution in [-0.2, 0) is 4.79 Å². The lowest BCUT2D eigenvalue weighted by molar-refractivity contribution is -0.149. The van der Waals surface area contributed by atoms with Gasteiger partial charge >= 0.3 is 29.0 Å². The number of hydrogen-bond acceptors (Lipinski definition) is 1. The van der Waals surface area contributed by atoms with Crippen molar-refractivity contribution in [3.8, 4) is 0 Å². The molecule has 0 aliphatic rings. The summed E-state index contributed by atoms with van der Waals surface area (Å²) in [6, 6.07) is 0. The van der Waals surface area contributed by atoms with Gasteiger partial charge in [-0.2, -0.15) is 0 Å². The molecule has 0 heterocycles. The number of carboxylic acids is 1. The highest BCUT2D eigenvalue weighted by Gasteiger charge is 2.30. The van der Waals surface area contributed by atoms with E-state index >= 15 is 0 Å². The zero-order valence-corrected chi connectivity index (χ0v) is 6.43. The minimum absolute atomic E-state index is 0. The zero-order chi connectivity index (χ0) is 7.65. The summed E-state index contributed by atoms with van der Waals surface area (Å²) in [5.41, 5.74) is -0.583. The summed E-state index contributed by atoms with van der Waals surface area (Å²) in [6.07, 6.45) is 0. The van der Waals surface area contributed by atoms with Gasteiger partial charge in [-0.1, -0.05) is 13.8 Å². The van der Waals surface area contributed by atoms with Gasteiger partial charge in [0.2, 0.25) is 0 Å². The van der Waals surface area contributed by atoms with Crippen molar-refractivity contribution in [3.05, 3.63) is 0 Å². The van der Waals surface area contributed by atoms with Gasteiger partial charge in [-0.3, -0.25) is 4.79 Å². The fourth-order valence-electron chi connectivity index (χ4n) is 0.247. The average Bonchev–Trinajstić information content (AvgIpc) is 1.65. The fourth-order valence-corrected chi connectivity index (χ4v) is 0.247. The number of hydrogen-bond donors (Lipinski definition) is 1. The van der Waals surface area contributed by atoms with E-state index in [1.54, 1.807) is 13.8 Å². The predicted molar refractivity (Wildman–Crippen MR) is 44.8 cm³/mol. The molecule has 0 aromatic heterocycles. The summed E-state index contributed by atoms with van der Waals surface area (Å²) < 4.78 is 0. The molecule has 0 rings (SSSR count). The fraction of sp³-hybridized carbons (Fsp3) is 0.857. The van der Waals surface area contributed by atoms with Gasteiger partial charge in [0.25, 0.3) is 0 Å². The maximum Gasteiger partial charge on any atom is 0.316 e. The molecule has 0 aliphatic carbocycles. The Morgan fingerprint density at radius 2 is 1.70 bits per heavy atom. The molecule has 58 valence electrons. The molecule has 0 atom stereocenters. The first-order valence-electron chi connectivity index (χ1n) is 3.12. The van der Waals surface area contributed by atoms with Crippen LogP contribution in [0.5, 0.6) is 0 Å². The molecule has 1 N–H and O–H groups in total. The van der Waals surface area contributed by atoms with Crippen molar-refractivity contribution in [3.63, 3.8) is 0 Å². The molecular weight excluding hydrogens is 140 g/mol. The molecule has 0 aromatic carbocycles. The third kappa shape index (κ3) is 2.88. The second-order valence-corrected chi connectivity index (χ2v) is 3.18. The summed E-state index contributed by atoms with van der Waals surface area (Å²) >= 11 is 0. The Labute approximate surface area is 78.2 Å². The molecule has 0 aromatic rings. The average molecular weight is 157 g/mol. The second kappa shape index (κ2) is 4.18. The van der Waals surface area contributed by atoms with Gasteiger partial charge in [0.15, 0.2) is 0 Å². The second-order valence-electron chi connectivity index (χ2n) is 3.18. The third-order valence-electron chi connectivity index (χ3n) is 1.99. The molecule has 0 bridgehead atoms. The van der Waals surface area contributed by atoms with Gasteiger partial charge in [-0.25, -0.2) is 0 Å². The Hall–Kier alpha value is 0.236. The number of rotatable bonds is 2. The molecular formula is C7H16MgO2. The van der Waals surface area contributed by atoms with Gasteiger partial charge < -0.3 is 5.11 Å². The summed E-state index contributed by atoms with van der Waals surface area (Å²) in [5, 5.41) is 8.61. The van der Waals surface area contributed by atoms with Crippen LogP contribution in [0.3, 0.4) is 0 Å². The Morgan fingerprint density at radius 1 is 1.40 bits per heavy atom. The van der Waals surface area contributed by atoms with E-state index in [0.717, 1.165) is 0 Å². The topological polar surface area (TPSA) is 37.3 Å². The number of aliphatic carboxylic acids is 1. The van der Waals surface area contributed by atoms with E-state index < -0.39 is 11.4 Å². The lowest BCUT2D eigenvalue weighted by Gasteiger charge is -2.22. The molecule has 3 heteroatoms. The first kappa shape index (κ1) is 12.9. The lowest BCUT2D eigenvalue weighted by Crippen LogP contribution is -2.29. The monoisotopic (exact) mass is 156 g/mol. The molecule has 0 radical (unpaired) electrons. The van der Waals surface area contributed by atoms with Gasteiger partial charge in [0.05, 0.1) is 5.41 Å². The van der Waals surface area contributed by atoms with Crippen LogP contribution in [0, 0.1) is 11.3 Å². The molecule has 0 aliphatic heterocycles. The Kier molecular flexibility index (Phi) is 5.39. The van der Waals surface area contributed by atoms with Crippen molar-refractivity contribution in [1.82, 2.24) is 0 Å². The van der Waals surface area contributed by atoms with Gasteiger partial charge in [-0.15, -0.1) is 0 Å². The highest BCUT2D eigenvalue weighted by atomic mass is 24.3. The normalized spacial score (nSPS) is 10.9. The van der Waals surface area contributed by atoms with Crippen LogP contribution in [0.2, 0.25) is 0 Å². The Morgan fingerprint density at radius 3 is 1.70 bits per heavy atom. The Bertz CT molecular complexity index is 119. The van der Waals surface area contributed by atoms with E-state index in [2.05, 4.69) is 0 Å². The van der Waals surface area contributed by atoms with Crippen LogP contribution < -0.4 is 0 Å². The summed E-state index contributed by atoms with van der Waals surface area (Å²) in [4.78, 5) is 10.5. The minimum atomic E-state index is -0.725. The van der Waals surface area contributed by atoms with Crippen LogP contribution in [0.4, 0.5) is 0 Å². The third-order valence-corrected chi connectivity index (χ3v) is 1.99. The van der Waals surface area contributed by atoms with E-state index in [4.69, 9.17) is 5.11 Å². The van der Waals surface area contributed by atoms with E-state index in [0.29, 0.717) is 0 Å². The van der Waals surface area contributed by atoms with Crippen molar-refractivity contribution < 1.29 is 9.90 Å². The van der Waals surface area contributed by atoms with Crippen molar-refractivity contribution >= 4 is 29.0 Å². The maximum atomic E-state index is 10.5. The largest absolute Gasteiger partial charge is 0.481 e. The van der Waals surface area contributed by atoms with Crippen molar-refractivity contribution in [2.45, 2.75) is 27.7 Å². The first-order valence-corrected chi connectivity index (χ1v) is 3.12. The zero-order valence-electron chi connectivity index (χ0n) is 6.43. The number of carbonyl (C=O) groups is 1. The molecule has 0 unspecified atom stereocenters.